The zero-order valence-corrected chi connectivity index (χ0v) is 16.6. The molecule has 1 fully saturated rings. The second-order valence-corrected chi connectivity index (χ2v) is 9.13. The van der Waals surface area contributed by atoms with Gasteiger partial charge >= 0.3 is 6.18 Å². The Bertz CT molecular complexity index is 986. The summed E-state index contributed by atoms with van der Waals surface area (Å²) >= 11 is 0. The van der Waals surface area contributed by atoms with Gasteiger partial charge in [0.25, 0.3) is 5.91 Å². The largest absolute Gasteiger partial charge is 0.405 e. The third-order valence-corrected chi connectivity index (χ3v) is 6.46. The van der Waals surface area contributed by atoms with Crippen LogP contribution in [0.3, 0.4) is 0 Å². The number of carbonyl (C=O) groups is 1. The first-order chi connectivity index (χ1) is 14.0. The summed E-state index contributed by atoms with van der Waals surface area (Å²) in [6.45, 7) is -1.10. The maximum Gasteiger partial charge on any atom is 0.405 e. The lowest BCUT2D eigenvalue weighted by Crippen LogP contribution is -2.34. The summed E-state index contributed by atoms with van der Waals surface area (Å²) in [5, 5.41) is 1.74. The Morgan fingerprint density at radius 1 is 1.03 bits per heavy atom. The number of sulfonamides is 1. The predicted molar refractivity (Wildman–Crippen MR) is 102 cm³/mol. The lowest BCUT2D eigenvalue weighted by Gasteiger charge is -2.22. The summed E-state index contributed by atoms with van der Waals surface area (Å²) in [6, 6.07) is 10.3. The van der Waals surface area contributed by atoms with Gasteiger partial charge in [-0.1, -0.05) is 12.1 Å². The van der Waals surface area contributed by atoms with Crippen molar-refractivity contribution in [2.45, 2.75) is 30.5 Å². The average Bonchev–Trinajstić information content (AvgIpc) is 3.51. The number of carbonyl (C=O) groups excluding carboxylic acids is 1. The van der Waals surface area contributed by atoms with E-state index in [-0.39, 0.29) is 22.9 Å². The Morgan fingerprint density at radius 3 is 2.17 bits per heavy atom. The van der Waals surface area contributed by atoms with Crippen molar-refractivity contribution in [2.75, 3.05) is 13.1 Å². The standard InChI is InChI=1S/C20H20F4N2O3S/c21-17-7-3-15(4-8-17)12-26(11-14-1-2-14)30(28,29)18-9-5-16(6-10-18)19(27)25-13-20(22,23)24/h3-10,14H,1-2,11-13H2,(H,25,27). The minimum absolute atomic E-state index is 0.0624. The molecule has 1 aliphatic rings. The molecule has 162 valence electrons. The average molecular weight is 444 g/mol. The second kappa shape index (κ2) is 8.73. The van der Waals surface area contributed by atoms with E-state index in [4.69, 9.17) is 0 Å². The van der Waals surface area contributed by atoms with Crippen LogP contribution in [0.5, 0.6) is 0 Å². The summed E-state index contributed by atoms with van der Waals surface area (Å²) in [6.07, 6.45) is -2.69. The fourth-order valence-electron chi connectivity index (χ4n) is 2.84. The van der Waals surface area contributed by atoms with E-state index >= 15 is 0 Å². The van der Waals surface area contributed by atoms with E-state index in [2.05, 4.69) is 0 Å². The molecule has 1 saturated carbocycles. The molecule has 0 atom stereocenters. The van der Waals surface area contributed by atoms with Crippen molar-refractivity contribution in [3.8, 4) is 0 Å². The highest BCUT2D eigenvalue weighted by molar-refractivity contribution is 7.89. The predicted octanol–water partition coefficient (Wildman–Crippen LogP) is 3.72. The van der Waals surface area contributed by atoms with Crippen LogP contribution in [0.4, 0.5) is 17.6 Å². The molecule has 1 N–H and O–H groups in total. The van der Waals surface area contributed by atoms with Gasteiger partial charge in [0.05, 0.1) is 4.90 Å². The number of amides is 1. The minimum atomic E-state index is -4.54. The van der Waals surface area contributed by atoms with Crippen molar-refractivity contribution in [3.63, 3.8) is 0 Å². The van der Waals surface area contributed by atoms with E-state index in [1.165, 1.54) is 52.8 Å². The molecule has 0 bridgehead atoms. The molecule has 2 aromatic carbocycles. The van der Waals surface area contributed by atoms with Crippen LogP contribution >= 0.6 is 0 Å². The van der Waals surface area contributed by atoms with Crippen LogP contribution in [0.25, 0.3) is 0 Å². The summed E-state index contributed by atoms with van der Waals surface area (Å²) in [4.78, 5) is 11.7. The van der Waals surface area contributed by atoms with Crippen LogP contribution in [0, 0.1) is 11.7 Å². The first-order valence-corrected chi connectivity index (χ1v) is 10.7. The summed E-state index contributed by atoms with van der Waals surface area (Å²) in [7, 11) is -3.91. The van der Waals surface area contributed by atoms with Crippen LogP contribution in [0.15, 0.2) is 53.4 Å². The van der Waals surface area contributed by atoms with E-state index < -0.39 is 34.5 Å². The van der Waals surface area contributed by atoms with Gasteiger partial charge in [-0.25, -0.2) is 12.8 Å². The first kappa shape index (κ1) is 22.2. The number of nitrogens with one attached hydrogen (secondary N) is 1. The van der Waals surface area contributed by atoms with Crippen molar-refractivity contribution < 1.29 is 30.8 Å². The van der Waals surface area contributed by atoms with Crippen LogP contribution < -0.4 is 5.32 Å². The summed E-state index contributed by atoms with van der Waals surface area (Å²) < 4.78 is 77.3. The van der Waals surface area contributed by atoms with Crippen LogP contribution in [0.2, 0.25) is 0 Å². The number of hydrogen-bond acceptors (Lipinski definition) is 3. The molecular weight excluding hydrogens is 424 g/mol. The maximum atomic E-state index is 13.1. The van der Waals surface area contributed by atoms with Gasteiger partial charge in [0, 0.05) is 18.7 Å². The van der Waals surface area contributed by atoms with E-state index in [1.54, 1.807) is 5.32 Å². The first-order valence-electron chi connectivity index (χ1n) is 9.24. The monoisotopic (exact) mass is 444 g/mol. The van der Waals surface area contributed by atoms with Crippen molar-refractivity contribution in [1.29, 1.82) is 0 Å². The fraction of sp³-hybridized carbons (Fsp3) is 0.350. The highest BCUT2D eigenvalue weighted by atomic mass is 32.2. The van der Waals surface area contributed by atoms with E-state index in [0.717, 1.165) is 12.8 Å². The van der Waals surface area contributed by atoms with Crippen LogP contribution in [0.1, 0.15) is 28.8 Å². The van der Waals surface area contributed by atoms with E-state index in [0.29, 0.717) is 12.1 Å². The lowest BCUT2D eigenvalue weighted by molar-refractivity contribution is -0.123. The van der Waals surface area contributed by atoms with Crippen molar-refractivity contribution in [2.24, 2.45) is 5.92 Å². The lowest BCUT2D eigenvalue weighted by atomic mass is 10.2. The number of benzene rings is 2. The maximum absolute atomic E-state index is 13.1. The van der Waals surface area contributed by atoms with Crippen molar-refractivity contribution in [1.82, 2.24) is 9.62 Å². The molecule has 5 nitrogen and oxygen atoms in total. The molecule has 0 aliphatic heterocycles. The molecule has 1 amide bonds. The number of hydrogen-bond donors (Lipinski definition) is 1. The van der Waals surface area contributed by atoms with Gasteiger partial charge in [-0.2, -0.15) is 17.5 Å². The van der Waals surface area contributed by atoms with Gasteiger partial charge in [0.15, 0.2) is 0 Å². The van der Waals surface area contributed by atoms with Crippen LogP contribution in [-0.4, -0.2) is 37.9 Å². The van der Waals surface area contributed by atoms with Gasteiger partial charge in [0.1, 0.15) is 12.4 Å². The molecule has 1 aliphatic carbocycles. The van der Waals surface area contributed by atoms with Gasteiger partial charge in [0.2, 0.25) is 10.0 Å². The van der Waals surface area contributed by atoms with Crippen molar-refractivity contribution >= 4 is 15.9 Å². The number of rotatable bonds is 8. The molecule has 0 unspecified atom stereocenters. The Hall–Kier alpha value is -2.46. The number of halogens is 4. The Balaban J connectivity index is 1.76. The zero-order chi connectivity index (χ0) is 21.9. The smallest absolute Gasteiger partial charge is 0.343 e. The Labute approximate surface area is 171 Å². The molecule has 0 aromatic heterocycles. The highest BCUT2D eigenvalue weighted by Gasteiger charge is 2.32. The van der Waals surface area contributed by atoms with E-state index in [1.807, 2.05) is 0 Å². The van der Waals surface area contributed by atoms with Crippen LogP contribution in [-0.2, 0) is 16.6 Å². The van der Waals surface area contributed by atoms with Crippen molar-refractivity contribution in [3.05, 3.63) is 65.5 Å². The Morgan fingerprint density at radius 2 is 1.63 bits per heavy atom. The third kappa shape index (κ3) is 6.02. The summed E-state index contributed by atoms with van der Waals surface area (Å²) in [5.41, 5.74) is 0.550. The molecule has 30 heavy (non-hydrogen) atoms. The molecule has 0 spiro atoms. The molecule has 0 radical (unpaired) electrons. The number of nitrogens with zero attached hydrogens (tertiary/aromatic N) is 1. The SMILES string of the molecule is O=C(NCC(F)(F)F)c1ccc(S(=O)(=O)N(Cc2ccc(F)cc2)CC2CC2)cc1. The van der Waals surface area contributed by atoms with Gasteiger partial charge < -0.3 is 5.32 Å². The summed E-state index contributed by atoms with van der Waals surface area (Å²) in [5.74, 6) is -1.11. The normalized spacial score (nSPS) is 14.7. The third-order valence-electron chi connectivity index (χ3n) is 4.63. The minimum Gasteiger partial charge on any atom is -0.343 e. The molecule has 3 rings (SSSR count). The molecule has 0 heterocycles. The molecule has 0 saturated heterocycles. The zero-order valence-electron chi connectivity index (χ0n) is 15.8. The quantitative estimate of drug-likeness (QED) is 0.632. The topological polar surface area (TPSA) is 66.5 Å². The van der Waals surface area contributed by atoms with E-state index in [9.17, 15) is 30.8 Å². The highest BCUT2D eigenvalue weighted by Crippen LogP contribution is 2.32. The second-order valence-electron chi connectivity index (χ2n) is 7.19. The fourth-order valence-corrected chi connectivity index (χ4v) is 4.34. The van der Waals surface area contributed by atoms with Gasteiger partial charge in [-0.3, -0.25) is 4.79 Å². The van der Waals surface area contributed by atoms with Gasteiger partial charge in [-0.15, -0.1) is 0 Å². The molecule has 10 heteroatoms. The molecule has 2 aromatic rings. The molecular formula is C20H20F4N2O3S. The van der Waals surface area contributed by atoms with Gasteiger partial charge in [-0.05, 0) is 60.7 Å². The Kier molecular flexibility index (Phi) is 6.47. The number of alkyl halides is 3.